The lowest BCUT2D eigenvalue weighted by atomic mass is 10.0. The maximum Gasteiger partial charge on any atom is 0.341 e. The van der Waals surface area contributed by atoms with Crippen LogP contribution in [0.15, 0.2) is 60.4 Å². The monoisotopic (exact) mass is 556 g/mol. The molecule has 0 spiro atoms. The van der Waals surface area contributed by atoms with Crippen molar-refractivity contribution in [3.8, 4) is 16.8 Å². The third-order valence-corrected chi connectivity index (χ3v) is 7.12. The second kappa shape index (κ2) is 11.1. The van der Waals surface area contributed by atoms with Gasteiger partial charge in [0, 0.05) is 32.4 Å². The van der Waals surface area contributed by atoms with Crippen LogP contribution in [0.5, 0.6) is 0 Å². The standard InChI is InChI=1S/C31H33FN6O3/c1-7-41-31(40)24-15-33-38(29(24)27-19(4)26(27)25-17-37(6)35-34-25)21-11-8-10-20(14-21)22-12-9-13-23(28(22)32)30(39)36(5)16-18(2)3/h8-15,17-18,26H,7,16H2,1-6H3/t26-/m0/s1. The van der Waals surface area contributed by atoms with Gasteiger partial charge in [-0.3, -0.25) is 9.48 Å². The van der Waals surface area contributed by atoms with Gasteiger partial charge in [-0.15, -0.1) is 5.10 Å². The van der Waals surface area contributed by atoms with E-state index in [0.717, 1.165) is 16.8 Å². The van der Waals surface area contributed by atoms with E-state index in [2.05, 4.69) is 15.4 Å². The van der Waals surface area contributed by atoms with Gasteiger partial charge in [-0.1, -0.05) is 48.9 Å². The van der Waals surface area contributed by atoms with Gasteiger partial charge in [0.05, 0.1) is 41.4 Å². The minimum absolute atomic E-state index is 0.0194. The molecule has 0 saturated heterocycles. The van der Waals surface area contributed by atoms with E-state index in [4.69, 9.17) is 4.74 Å². The molecule has 5 rings (SSSR count). The second-order valence-electron chi connectivity index (χ2n) is 10.7. The van der Waals surface area contributed by atoms with Crippen molar-refractivity contribution in [2.75, 3.05) is 20.2 Å². The molecule has 1 aliphatic rings. The number of benzene rings is 2. The highest BCUT2D eigenvalue weighted by molar-refractivity contribution is 6.00. The third kappa shape index (κ3) is 5.29. The van der Waals surface area contributed by atoms with Crippen molar-refractivity contribution >= 4 is 17.4 Å². The molecule has 0 fully saturated rings. The van der Waals surface area contributed by atoms with E-state index in [1.807, 2.05) is 33.0 Å². The predicted molar refractivity (Wildman–Crippen MR) is 153 cm³/mol. The summed E-state index contributed by atoms with van der Waals surface area (Å²) in [6.45, 7) is 8.51. The van der Waals surface area contributed by atoms with Crippen LogP contribution < -0.4 is 0 Å². The van der Waals surface area contributed by atoms with Crippen molar-refractivity contribution in [2.24, 2.45) is 13.0 Å². The molecule has 0 saturated carbocycles. The molecular formula is C31H33FN6O3. The molecule has 0 bridgehead atoms. The largest absolute Gasteiger partial charge is 0.462 e. The van der Waals surface area contributed by atoms with E-state index < -0.39 is 11.8 Å². The van der Waals surface area contributed by atoms with Gasteiger partial charge in [0.2, 0.25) is 0 Å². The smallest absolute Gasteiger partial charge is 0.341 e. The molecule has 10 heteroatoms. The number of halogens is 1. The fourth-order valence-electron chi connectivity index (χ4n) is 5.24. The van der Waals surface area contributed by atoms with Crippen LogP contribution in [0.1, 0.15) is 65.7 Å². The summed E-state index contributed by atoms with van der Waals surface area (Å²) in [6.07, 6.45) is 3.35. The van der Waals surface area contributed by atoms with Crippen LogP contribution >= 0.6 is 0 Å². The maximum absolute atomic E-state index is 15.8. The number of carbonyl (C=O) groups excluding carboxylic acids is 2. The molecule has 0 N–H and O–H groups in total. The van der Waals surface area contributed by atoms with E-state index >= 15 is 4.39 Å². The molecule has 4 aromatic rings. The van der Waals surface area contributed by atoms with Gasteiger partial charge in [0.1, 0.15) is 11.4 Å². The summed E-state index contributed by atoms with van der Waals surface area (Å²) in [6, 6.07) is 12.1. The minimum Gasteiger partial charge on any atom is -0.462 e. The Labute approximate surface area is 238 Å². The van der Waals surface area contributed by atoms with Crippen molar-refractivity contribution in [1.82, 2.24) is 29.7 Å². The Kier molecular flexibility index (Phi) is 7.57. The molecule has 212 valence electrons. The number of amides is 1. The van der Waals surface area contributed by atoms with Crippen LogP contribution in [0, 0.1) is 11.7 Å². The number of hydrogen-bond acceptors (Lipinski definition) is 6. The molecule has 1 atom stereocenters. The normalized spacial score (nSPS) is 14.5. The van der Waals surface area contributed by atoms with Gasteiger partial charge >= 0.3 is 5.97 Å². The van der Waals surface area contributed by atoms with Gasteiger partial charge in [0.25, 0.3) is 5.91 Å². The van der Waals surface area contributed by atoms with Gasteiger partial charge in [-0.05, 0) is 49.1 Å². The van der Waals surface area contributed by atoms with Gasteiger partial charge in [-0.2, -0.15) is 5.10 Å². The molecule has 1 amide bonds. The van der Waals surface area contributed by atoms with Crippen molar-refractivity contribution in [3.05, 3.63) is 88.8 Å². The second-order valence-corrected chi connectivity index (χ2v) is 10.7. The summed E-state index contributed by atoms with van der Waals surface area (Å²) in [5, 5.41) is 12.9. The van der Waals surface area contributed by atoms with E-state index in [0.29, 0.717) is 34.6 Å². The number of ether oxygens (including phenoxy) is 1. The summed E-state index contributed by atoms with van der Waals surface area (Å²) in [7, 11) is 3.48. The first kappa shape index (κ1) is 27.9. The molecule has 0 unspecified atom stereocenters. The summed E-state index contributed by atoms with van der Waals surface area (Å²) >= 11 is 0. The highest BCUT2D eigenvalue weighted by Gasteiger charge is 2.42. The zero-order valence-electron chi connectivity index (χ0n) is 24.1. The SMILES string of the molecule is CCOC(=O)c1cnn(-c2cccc(-c3cccc(C(=O)N(C)CC(C)C)c3F)c2)c1C1=C(C)[C@H]1c1cn(C)nn1. The first-order valence-electron chi connectivity index (χ1n) is 13.6. The van der Waals surface area contributed by atoms with Crippen LogP contribution in [-0.2, 0) is 11.8 Å². The van der Waals surface area contributed by atoms with Crippen LogP contribution in [0.2, 0.25) is 0 Å². The summed E-state index contributed by atoms with van der Waals surface area (Å²) in [5.41, 5.74) is 5.22. The van der Waals surface area contributed by atoms with Crippen molar-refractivity contribution in [1.29, 1.82) is 0 Å². The molecule has 2 heterocycles. The Morgan fingerprint density at radius 3 is 2.59 bits per heavy atom. The topological polar surface area (TPSA) is 95.1 Å². The molecule has 2 aromatic heterocycles. The number of nitrogens with zero attached hydrogens (tertiary/aromatic N) is 6. The number of aryl methyl sites for hydroxylation is 1. The quantitative estimate of drug-likeness (QED) is 0.260. The lowest BCUT2D eigenvalue weighted by Gasteiger charge is -2.20. The number of esters is 1. The highest BCUT2D eigenvalue weighted by Crippen LogP contribution is 2.54. The first-order valence-corrected chi connectivity index (χ1v) is 13.6. The molecule has 0 aliphatic heterocycles. The fraction of sp³-hybridized carbons (Fsp3) is 0.323. The van der Waals surface area contributed by atoms with E-state index in [1.54, 1.807) is 60.7 Å². The molecule has 1 aliphatic carbocycles. The Morgan fingerprint density at radius 2 is 1.90 bits per heavy atom. The van der Waals surface area contributed by atoms with Crippen LogP contribution in [0.25, 0.3) is 22.4 Å². The fourth-order valence-corrected chi connectivity index (χ4v) is 5.24. The average molecular weight is 557 g/mol. The van der Waals surface area contributed by atoms with Crippen LogP contribution in [-0.4, -0.2) is 61.8 Å². The van der Waals surface area contributed by atoms with Crippen molar-refractivity contribution in [3.63, 3.8) is 0 Å². The molecule has 2 aromatic carbocycles. The average Bonchev–Trinajstić information content (AvgIpc) is 3.24. The lowest BCUT2D eigenvalue weighted by molar-refractivity contribution is 0.0525. The maximum atomic E-state index is 15.8. The predicted octanol–water partition coefficient (Wildman–Crippen LogP) is 5.28. The lowest BCUT2D eigenvalue weighted by Crippen LogP contribution is -2.31. The van der Waals surface area contributed by atoms with E-state index in [1.165, 1.54) is 17.2 Å². The Bertz CT molecular complexity index is 1670. The number of carbonyl (C=O) groups is 2. The molecule has 41 heavy (non-hydrogen) atoms. The van der Waals surface area contributed by atoms with Crippen LogP contribution in [0.4, 0.5) is 4.39 Å². The molecule has 9 nitrogen and oxygen atoms in total. The Hall–Kier alpha value is -4.60. The van der Waals surface area contributed by atoms with E-state index in [-0.39, 0.29) is 29.9 Å². The number of aromatic nitrogens is 5. The summed E-state index contributed by atoms with van der Waals surface area (Å²) < 4.78 is 24.4. The molecule has 0 radical (unpaired) electrons. The van der Waals surface area contributed by atoms with E-state index in [9.17, 15) is 9.59 Å². The van der Waals surface area contributed by atoms with Crippen molar-refractivity contribution < 1.29 is 18.7 Å². The number of rotatable bonds is 9. The first-order chi connectivity index (χ1) is 19.6. The highest BCUT2D eigenvalue weighted by atomic mass is 19.1. The zero-order chi connectivity index (χ0) is 29.4. The third-order valence-electron chi connectivity index (χ3n) is 7.12. The van der Waals surface area contributed by atoms with Gasteiger partial charge in [0.15, 0.2) is 0 Å². The van der Waals surface area contributed by atoms with Crippen molar-refractivity contribution in [2.45, 2.75) is 33.6 Å². The minimum atomic E-state index is -0.582. The summed E-state index contributed by atoms with van der Waals surface area (Å²) in [5.74, 6) is -1.26. The molecular weight excluding hydrogens is 523 g/mol. The summed E-state index contributed by atoms with van der Waals surface area (Å²) in [4.78, 5) is 27.5. The Morgan fingerprint density at radius 1 is 1.15 bits per heavy atom. The number of allylic oxidation sites excluding steroid dienone is 2. The van der Waals surface area contributed by atoms with Gasteiger partial charge < -0.3 is 9.64 Å². The van der Waals surface area contributed by atoms with Gasteiger partial charge in [-0.25, -0.2) is 13.9 Å². The Balaban J connectivity index is 1.56. The number of hydrogen-bond donors (Lipinski definition) is 0. The zero-order valence-corrected chi connectivity index (χ0v) is 24.1. The van der Waals surface area contributed by atoms with Crippen LogP contribution in [0.3, 0.4) is 0 Å².